The number of rotatable bonds is 27. The lowest BCUT2D eigenvalue weighted by Crippen LogP contribution is -2.04. The quantitative estimate of drug-likeness (QED) is 0.0342. The zero-order chi connectivity index (χ0) is 36.3. The van der Waals surface area contributed by atoms with Crippen LogP contribution in [0.5, 0.6) is 34.5 Å². The first-order valence-corrected chi connectivity index (χ1v) is 21.1. The Kier molecular flexibility index (Phi) is 18.2. The summed E-state index contributed by atoms with van der Waals surface area (Å²) in [6.07, 6.45) is 14.8. The summed E-state index contributed by atoms with van der Waals surface area (Å²) in [6.45, 7) is 14.8. The fourth-order valence-corrected chi connectivity index (χ4v) is 6.45. The van der Waals surface area contributed by atoms with Gasteiger partial charge in [0.15, 0.2) is 34.5 Å². The third-order valence-corrected chi connectivity index (χ3v) is 9.75. The van der Waals surface area contributed by atoms with Crippen LogP contribution in [0.4, 0.5) is 0 Å². The Morgan fingerprint density at radius 1 is 0.314 bits per heavy atom. The van der Waals surface area contributed by atoms with Crippen LogP contribution in [0.25, 0.3) is 32.3 Å². The molecule has 6 nitrogen and oxygen atoms in total. The zero-order valence-electron chi connectivity index (χ0n) is 32.1. The summed E-state index contributed by atoms with van der Waals surface area (Å²) in [5, 5.41) is 7.59. The van der Waals surface area contributed by atoms with E-state index in [1.807, 2.05) is 0 Å². The van der Waals surface area contributed by atoms with Gasteiger partial charge in [-0.2, -0.15) is 0 Å². The molecule has 0 amide bonds. The van der Waals surface area contributed by atoms with Crippen LogP contribution in [-0.4, -0.2) is 45.0 Å². The van der Waals surface area contributed by atoms with E-state index in [2.05, 4.69) is 86.9 Å². The fraction of sp³-hybridized carbons (Fsp3) is 0.591. The van der Waals surface area contributed by atoms with Crippen molar-refractivity contribution in [2.24, 2.45) is 0 Å². The van der Waals surface area contributed by atoms with Gasteiger partial charge in [-0.15, -0.1) is 0 Å². The van der Waals surface area contributed by atoms with Crippen LogP contribution in [0.2, 0.25) is 0 Å². The van der Waals surface area contributed by atoms with Crippen molar-refractivity contribution >= 4 is 48.2 Å². The molecule has 0 N–H and O–H groups in total. The van der Waals surface area contributed by atoms with E-state index in [-0.39, 0.29) is 0 Å². The first-order valence-electron chi connectivity index (χ1n) is 20.0. The van der Waals surface area contributed by atoms with Gasteiger partial charge in [-0.3, -0.25) is 0 Å². The molecule has 0 radical (unpaired) electrons. The van der Waals surface area contributed by atoms with Crippen LogP contribution in [0, 0.1) is 0 Å². The molecule has 0 unspecified atom stereocenters. The van der Waals surface area contributed by atoms with E-state index in [0.29, 0.717) is 39.6 Å². The Morgan fingerprint density at radius 2 is 0.529 bits per heavy atom. The highest BCUT2D eigenvalue weighted by molar-refractivity contribution is 9.09. The second-order valence-corrected chi connectivity index (χ2v) is 14.3. The molecule has 0 saturated carbocycles. The maximum absolute atomic E-state index is 6.54. The van der Waals surface area contributed by atoms with E-state index in [1.165, 1.54) is 12.8 Å². The molecule has 0 atom stereocenters. The average molecular weight is 768 g/mol. The van der Waals surface area contributed by atoms with Crippen LogP contribution in [-0.2, 0) is 0 Å². The van der Waals surface area contributed by atoms with Crippen molar-refractivity contribution in [1.29, 1.82) is 0 Å². The Hall–Kier alpha value is -3.06. The van der Waals surface area contributed by atoms with Gasteiger partial charge >= 0.3 is 0 Å². The van der Waals surface area contributed by atoms with Gasteiger partial charge in [0.1, 0.15) is 0 Å². The Bertz CT molecular complexity index is 1570. The van der Waals surface area contributed by atoms with Crippen LogP contribution in [0.3, 0.4) is 0 Å². The Morgan fingerprint density at radius 3 is 0.745 bits per heavy atom. The first-order chi connectivity index (χ1) is 25.1. The van der Waals surface area contributed by atoms with Crippen molar-refractivity contribution in [3.8, 4) is 34.5 Å². The monoisotopic (exact) mass is 766 g/mol. The van der Waals surface area contributed by atoms with Gasteiger partial charge in [0.25, 0.3) is 0 Å². The summed E-state index contributed by atoms with van der Waals surface area (Å²) in [4.78, 5) is 0. The lowest BCUT2D eigenvalue weighted by atomic mass is 9.93. The molecular weight excluding hydrogens is 704 g/mol. The maximum atomic E-state index is 6.54. The summed E-state index contributed by atoms with van der Waals surface area (Å²) in [6, 6.07) is 13.1. The molecule has 0 aliphatic carbocycles. The second kappa shape index (κ2) is 22.8. The number of unbranched alkanes of at least 4 members (excludes halogenated alkanes) is 8. The maximum Gasteiger partial charge on any atom is 0.161 e. The highest BCUT2D eigenvalue weighted by atomic mass is 79.9. The van der Waals surface area contributed by atoms with E-state index in [1.54, 1.807) is 0 Å². The molecule has 0 aliphatic heterocycles. The molecular formula is C44H63BrO6. The third kappa shape index (κ3) is 11.7. The molecule has 0 saturated heterocycles. The van der Waals surface area contributed by atoms with Crippen LogP contribution in [0.15, 0.2) is 36.4 Å². The molecule has 4 aromatic rings. The minimum Gasteiger partial charge on any atom is -0.490 e. The smallest absolute Gasteiger partial charge is 0.161 e. The van der Waals surface area contributed by atoms with Crippen molar-refractivity contribution in [2.45, 2.75) is 125 Å². The molecule has 0 spiro atoms. The van der Waals surface area contributed by atoms with E-state index < -0.39 is 0 Å². The molecule has 4 rings (SSSR count). The topological polar surface area (TPSA) is 55.4 Å². The molecule has 51 heavy (non-hydrogen) atoms. The summed E-state index contributed by atoms with van der Waals surface area (Å²) >= 11 is 3.56. The molecule has 0 heterocycles. The fourth-order valence-electron chi connectivity index (χ4n) is 6.06. The molecule has 7 heteroatoms. The van der Waals surface area contributed by atoms with Gasteiger partial charge in [0.05, 0.1) is 39.6 Å². The van der Waals surface area contributed by atoms with Crippen molar-refractivity contribution in [1.82, 2.24) is 0 Å². The van der Waals surface area contributed by atoms with Crippen molar-refractivity contribution < 1.29 is 28.4 Å². The molecule has 4 aromatic carbocycles. The number of ether oxygens (including phenoxy) is 6. The van der Waals surface area contributed by atoms with Gasteiger partial charge in [-0.1, -0.05) is 95.5 Å². The Balaban J connectivity index is 1.99. The van der Waals surface area contributed by atoms with Crippen LogP contribution in [0.1, 0.15) is 125 Å². The average Bonchev–Trinajstić information content (AvgIpc) is 3.14. The minimum absolute atomic E-state index is 0.643. The summed E-state index contributed by atoms with van der Waals surface area (Å²) in [5.74, 6) is 4.70. The number of halogens is 1. The number of hydrogen-bond acceptors (Lipinski definition) is 6. The van der Waals surface area contributed by atoms with Crippen LogP contribution < -0.4 is 28.4 Å². The summed E-state index contributed by atoms with van der Waals surface area (Å²) < 4.78 is 38.8. The highest BCUT2D eigenvalue weighted by Crippen LogP contribution is 2.47. The lowest BCUT2D eigenvalue weighted by Gasteiger charge is -2.20. The van der Waals surface area contributed by atoms with Gasteiger partial charge in [-0.05, 0) is 114 Å². The molecule has 0 aliphatic rings. The number of hydrogen-bond donors (Lipinski definition) is 0. The number of alkyl halides is 1. The van der Waals surface area contributed by atoms with Crippen LogP contribution >= 0.6 is 15.9 Å². The number of fused-ring (bicyclic) bond motifs is 6. The molecule has 0 aromatic heterocycles. The zero-order valence-corrected chi connectivity index (χ0v) is 33.7. The normalized spacial score (nSPS) is 11.4. The predicted molar refractivity (Wildman–Crippen MR) is 219 cm³/mol. The van der Waals surface area contributed by atoms with Crippen molar-refractivity contribution in [2.75, 3.05) is 45.0 Å². The molecule has 0 fully saturated rings. The molecule has 0 bridgehead atoms. The Labute approximate surface area is 316 Å². The predicted octanol–water partition coefficient (Wildman–Crippen LogP) is 13.4. The van der Waals surface area contributed by atoms with Gasteiger partial charge in [-0.25, -0.2) is 0 Å². The standard InChI is InChI=1S/C44H63BrO6/c1-6-11-21-46-39-27-33-34-28-40(47-22-12-7-2)42(49-24-14-9-4)30-36(34)38-32-44(51-26-19-17-16-18-20-45)43(50-25-15-10-5)31-37(38)35(33)29-41(39)48-23-13-8-3/h27-32H,6-26H2,1-5H3. The first kappa shape index (κ1) is 40.7. The van der Waals surface area contributed by atoms with E-state index in [9.17, 15) is 0 Å². The van der Waals surface area contributed by atoms with Gasteiger partial charge in [0, 0.05) is 5.33 Å². The second-order valence-electron chi connectivity index (χ2n) is 13.5. The third-order valence-electron chi connectivity index (χ3n) is 9.18. The van der Waals surface area contributed by atoms with Crippen molar-refractivity contribution in [3.05, 3.63) is 36.4 Å². The van der Waals surface area contributed by atoms with E-state index in [0.717, 1.165) is 149 Å². The summed E-state index contributed by atoms with van der Waals surface area (Å²) in [5.41, 5.74) is 0. The molecule has 282 valence electrons. The largest absolute Gasteiger partial charge is 0.490 e. The highest BCUT2D eigenvalue weighted by Gasteiger charge is 2.20. The van der Waals surface area contributed by atoms with E-state index in [4.69, 9.17) is 28.4 Å². The summed E-state index contributed by atoms with van der Waals surface area (Å²) in [7, 11) is 0. The minimum atomic E-state index is 0.643. The SMILES string of the molecule is CCCCOc1cc2c3cc(OCCCC)c(OCCCC)cc3c3cc(OCCCCCCBr)c(OCCCC)cc3c2cc1OCCCC. The van der Waals surface area contributed by atoms with Gasteiger partial charge in [0.2, 0.25) is 0 Å². The van der Waals surface area contributed by atoms with Crippen molar-refractivity contribution in [3.63, 3.8) is 0 Å². The number of benzene rings is 4. The van der Waals surface area contributed by atoms with E-state index >= 15 is 0 Å². The van der Waals surface area contributed by atoms with Gasteiger partial charge < -0.3 is 28.4 Å². The lowest BCUT2D eigenvalue weighted by molar-refractivity contribution is 0.261.